The summed E-state index contributed by atoms with van der Waals surface area (Å²) in [6, 6.07) is 13.1. The Morgan fingerprint density at radius 3 is 2.28 bits per heavy atom. The first-order chi connectivity index (χ1) is 11.9. The number of hydrogen-bond donors (Lipinski definition) is 2. The van der Waals surface area contributed by atoms with E-state index in [1.807, 2.05) is 12.1 Å². The molecule has 0 spiro atoms. The first kappa shape index (κ1) is 18.8. The van der Waals surface area contributed by atoms with Crippen molar-refractivity contribution in [3.8, 4) is 5.75 Å². The van der Waals surface area contributed by atoms with Crippen LogP contribution in [0.2, 0.25) is 0 Å². The van der Waals surface area contributed by atoms with Gasteiger partial charge in [0, 0.05) is 5.69 Å². The highest BCUT2D eigenvalue weighted by molar-refractivity contribution is 7.92. The highest BCUT2D eigenvalue weighted by Crippen LogP contribution is 2.20. The molecule has 25 heavy (non-hydrogen) atoms. The van der Waals surface area contributed by atoms with E-state index in [-0.39, 0.29) is 11.5 Å². The lowest BCUT2D eigenvalue weighted by atomic mass is 10.1. The Hall–Kier alpha value is -2.54. The van der Waals surface area contributed by atoms with Crippen molar-refractivity contribution in [1.82, 2.24) is 0 Å². The number of anilines is 1. The van der Waals surface area contributed by atoms with Gasteiger partial charge in [0.05, 0.1) is 4.90 Å². The van der Waals surface area contributed by atoms with Crippen LogP contribution in [0.1, 0.15) is 25.3 Å². The van der Waals surface area contributed by atoms with Crippen LogP contribution in [0.4, 0.5) is 5.69 Å². The van der Waals surface area contributed by atoms with Gasteiger partial charge in [0.1, 0.15) is 5.75 Å². The fraction of sp³-hybridized carbons (Fsp3) is 0.278. The first-order valence-corrected chi connectivity index (χ1v) is 9.52. The van der Waals surface area contributed by atoms with Crippen LogP contribution >= 0.6 is 0 Å². The van der Waals surface area contributed by atoms with Crippen LogP contribution in [0.25, 0.3) is 0 Å². The molecule has 0 atom stereocenters. The molecule has 0 fully saturated rings. The summed E-state index contributed by atoms with van der Waals surface area (Å²) in [6.45, 7) is 1.88. The van der Waals surface area contributed by atoms with Crippen molar-refractivity contribution < 1.29 is 17.9 Å². The fourth-order valence-electron chi connectivity index (χ4n) is 2.20. The van der Waals surface area contributed by atoms with Crippen LogP contribution in [0.5, 0.6) is 5.75 Å². The third-order valence-corrected chi connectivity index (χ3v) is 4.94. The van der Waals surface area contributed by atoms with Gasteiger partial charge in [-0.15, -0.1) is 0 Å². The van der Waals surface area contributed by atoms with E-state index in [2.05, 4.69) is 11.6 Å². The molecule has 0 saturated carbocycles. The van der Waals surface area contributed by atoms with E-state index < -0.39 is 15.9 Å². The zero-order valence-electron chi connectivity index (χ0n) is 14.1. The molecule has 7 heteroatoms. The lowest BCUT2D eigenvalue weighted by Gasteiger charge is -2.10. The quantitative estimate of drug-likeness (QED) is 0.716. The number of primary amides is 1. The van der Waals surface area contributed by atoms with Crippen molar-refractivity contribution in [1.29, 1.82) is 0 Å². The van der Waals surface area contributed by atoms with Crippen LogP contribution in [0, 0.1) is 0 Å². The number of aryl methyl sites for hydroxylation is 1. The summed E-state index contributed by atoms with van der Waals surface area (Å²) in [5, 5.41) is 0. The molecular formula is C18H22N2O4S. The molecule has 134 valence electrons. The molecule has 0 aromatic heterocycles. The van der Waals surface area contributed by atoms with Crippen molar-refractivity contribution in [3.05, 3.63) is 54.1 Å². The predicted molar refractivity (Wildman–Crippen MR) is 97.0 cm³/mol. The van der Waals surface area contributed by atoms with Gasteiger partial charge in [0.15, 0.2) is 6.61 Å². The molecule has 0 saturated heterocycles. The number of sulfonamides is 1. The topological polar surface area (TPSA) is 98.5 Å². The zero-order valence-corrected chi connectivity index (χ0v) is 14.9. The van der Waals surface area contributed by atoms with Gasteiger partial charge >= 0.3 is 0 Å². The summed E-state index contributed by atoms with van der Waals surface area (Å²) >= 11 is 0. The standard InChI is InChI=1S/C18H22N2O4S/c1-2-3-4-14-5-7-15(8-6-14)20-25(22,23)17-11-9-16(10-12-17)24-13-18(19)21/h5-12,20H,2-4,13H2,1H3,(H2,19,21). The Kier molecular flexibility index (Phi) is 6.41. The number of benzene rings is 2. The van der Waals surface area contributed by atoms with Gasteiger partial charge in [-0.3, -0.25) is 9.52 Å². The zero-order chi connectivity index (χ0) is 18.3. The predicted octanol–water partition coefficient (Wildman–Crippen LogP) is 2.69. The second-order valence-electron chi connectivity index (χ2n) is 5.63. The monoisotopic (exact) mass is 362 g/mol. The Bertz CT molecular complexity index is 800. The van der Waals surface area contributed by atoms with Gasteiger partial charge in [0.2, 0.25) is 0 Å². The summed E-state index contributed by atoms with van der Waals surface area (Å²) in [5.74, 6) is -0.223. The molecule has 6 nitrogen and oxygen atoms in total. The maximum absolute atomic E-state index is 12.4. The smallest absolute Gasteiger partial charge is 0.261 e. The Labute approximate surface area is 148 Å². The summed E-state index contributed by atoms with van der Waals surface area (Å²) in [6.07, 6.45) is 3.21. The van der Waals surface area contributed by atoms with Gasteiger partial charge in [-0.05, 0) is 54.8 Å². The number of amides is 1. The van der Waals surface area contributed by atoms with Crippen molar-refractivity contribution in [2.75, 3.05) is 11.3 Å². The maximum Gasteiger partial charge on any atom is 0.261 e. The average molecular weight is 362 g/mol. The van der Waals surface area contributed by atoms with Crippen molar-refractivity contribution in [3.63, 3.8) is 0 Å². The Morgan fingerprint density at radius 1 is 1.08 bits per heavy atom. The van der Waals surface area contributed by atoms with Crippen molar-refractivity contribution in [2.45, 2.75) is 31.1 Å². The second kappa shape index (κ2) is 8.53. The summed E-state index contributed by atoms with van der Waals surface area (Å²) in [7, 11) is -3.69. The summed E-state index contributed by atoms with van der Waals surface area (Å²) in [4.78, 5) is 10.8. The molecule has 2 rings (SSSR count). The molecule has 0 unspecified atom stereocenters. The molecule has 0 aliphatic carbocycles. The number of nitrogens with two attached hydrogens (primary N) is 1. The van der Waals surface area contributed by atoms with E-state index in [0.29, 0.717) is 11.4 Å². The first-order valence-electron chi connectivity index (χ1n) is 8.03. The van der Waals surface area contributed by atoms with Crippen molar-refractivity contribution in [2.24, 2.45) is 5.73 Å². The maximum atomic E-state index is 12.4. The number of rotatable bonds is 9. The number of unbranched alkanes of at least 4 members (excludes halogenated alkanes) is 1. The minimum absolute atomic E-state index is 0.106. The van der Waals surface area contributed by atoms with E-state index in [0.717, 1.165) is 19.3 Å². The van der Waals surface area contributed by atoms with Crippen LogP contribution in [0.3, 0.4) is 0 Å². The normalized spacial score (nSPS) is 11.1. The number of ether oxygens (including phenoxy) is 1. The largest absolute Gasteiger partial charge is 0.484 e. The van der Waals surface area contributed by atoms with Crippen LogP contribution < -0.4 is 15.2 Å². The van der Waals surface area contributed by atoms with Crippen LogP contribution in [-0.2, 0) is 21.2 Å². The number of nitrogens with one attached hydrogen (secondary N) is 1. The molecule has 1 amide bonds. The lowest BCUT2D eigenvalue weighted by Crippen LogP contribution is -2.20. The SMILES string of the molecule is CCCCc1ccc(NS(=O)(=O)c2ccc(OCC(N)=O)cc2)cc1. The molecular weight excluding hydrogens is 340 g/mol. The van der Waals surface area contributed by atoms with E-state index in [1.165, 1.54) is 29.8 Å². The molecule has 3 N–H and O–H groups in total. The molecule has 2 aromatic carbocycles. The van der Waals surface area contributed by atoms with Crippen LogP contribution in [0.15, 0.2) is 53.4 Å². The van der Waals surface area contributed by atoms with E-state index >= 15 is 0 Å². The minimum Gasteiger partial charge on any atom is -0.484 e. The molecule has 0 heterocycles. The molecule has 0 radical (unpaired) electrons. The Morgan fingerprint density at radius 2 is 1.72 bits per heavy atom. The molecule has 0 aliphatic rings. The second-order valence-corrected chi connectivity index (χ2v) is 7.31. The van der Waals surface area contributed by atoms with Crippen LogP contribution in [-0.4, -0.2) is 20.9 Å². The summed E-state index contributed by atoms with van der Waals surface area (Å²) < 4.78 is 32.5. The lowest BCUT2D eigenvalue weighted by molar-refractivity contribution is -0.119. The van der Waals surface area contributed by atoms with Gasteiger partial charge in [0.25, 0.3) is 15.9 Å². The highest BCUT2D eigenvalue weighted by Gasteiger charge is 2.14. The van der Waals surface area contributed by atoms with Gasteiger partial charge < -0.3 is 10.5 Å². The molecule has 0 bridgehead atoms. The van der Waals surface area contributed by atoms with Gasteiger partial charge in [-0.25, -0.2) is 8.42 Å². The third kappa shape index (κ3) is 5.79. The highest BCUT2D eigenvalue weighted by atomic mass is 32.2. The Balaban J connectivity index is 2.04. The van der Waals surface area contributed by atoms with Gasteiger partial charge in [-0.1, -0.05) is 25.5 Å². The van der Waals surface area contributed by atoms with E-state index in [9.17, 15) is 13.2 Å². The molecule has 0 aliphatic heterocycles. The number of hydrogen-bond acceptors (Lipinski definition) is 4. The van der Waals surface area contributed by atoms with Gasteiger partial charge in [-0.2, -0.15) is 0 Å². The molecule has 2 aromatic rings. The van der Waals surface area contributed by atoms with E-state index in [4.69, 9.17) is 10.5 Å². The summed E-state index contributed by atoms with van der Waals surface area (Å²) in [5.41, 5.74) is 6.68. The number of carbonyl (C=O) groups is 1. The number of carbonyl (C=O) groups excluding carboxylic acids is 1. The third-order valence-electron chi connectivity index (χ3n) is 3.54. The van der Waals surface area contributed by atoms with E-state index in [1.54, 1.807) is 12.1 Å². The minimum atomic E-state index is -3.69. The average Bonchev–Trinajstić information content (AvgIpc) is 2.59. The fourth-order valence-corrected chi connectivity index (χ4v) is 3.26. The van der Waals surface area contributed by atoms with Crippen molar-refractivity contribution >= 4 is 21.6 Å².